The highest BCUT2D eigenvalue weighted by molar-refractivity contribution is 6.30. The Balaban J connectivity index is 1.87. The summed E-state index contributed by atoms with van der Waals surface area (Å²) >= 11 is 5.89. The van der Waals surface area contributed by atoms with Crippen LogP contribution in [0.2, 0.25) is 5.02 Å². The molecule has 134 valence electrons. The van der Waals surface area contributed by atoms with Crippen molar-refractivity contribution in [1.82, 2.24) is 4.90 Å². The standard InChI is InChI=1S/C19H23ClN2O3/c1-2-5-17(23)21(14-6-3-4-7-14)16-12-18(24)22(19(16)25)15-10-8-13(20)9-11-15/h8-11,14,16H,2-7,12H2,1H3. The summed E-state index contributed by atoms with van der Waals surface area (Å²) in [6.45, 7) is 1.95. The van der Waals surface area contributed by atoms with Crippen LogP contribution in [-0.2, 0) is 14.4 Å². The maximum atomic E-state index is 13.0. The van der Waals surface area contributed by atoms with E-state index in [-0.39, 0.29) is 30.2 Å². The third-order valence-corrected chi connectivity index (χ3v) is 5.27. The van der Waals surface area contributed by atoms with E-state index < -0.39 is 6.04 Å². The molecule has 1 atom stereocenters. The summed E-state index contributed by atoms with van der Waals surface area (Å²) in [7, 11) is 0. The van der Waals surface area contributed by atoms with Gasteiger partial charge in [0.05, 0.1) is 12.1 Å². The van der Waals surface area contributed by atoms with E-state index in [9.17, 15) is 14.4 Å². The highest BCUT2D eigenvalue weighted by Gasteiger charge is 2.46. The number of nitrogens with zero attached hydrogens (tertiary/aromatic N) is 2. The summed E-state index contributed by atoms with van der Waals surface area (Å²) in [6.07, 6.45) is 5.16. The predicted octanol–water partition coefficient (Wildman–Crippen LogP) is 3.54. The van der Waals surface area contributed by atoms with Crippen LogP contribution in [0.15, 0.2) is 24.3 Å². The zero-order valence-corrected chi connectivity index (χ0v) is 15.2. The monoisotopic (exact) mass is 362 g/mol. The topological polar surface area (TPSA) is 57.7 Å². The molecule has 25 heavy (non-hydrogen) atoms. The van der Waals surface area contributed by atoms with Crippen LogP contribution in [-0.4, -0.2) is 34.7 Å². The number of carbonyl (C=O) groups excluding carboxylic acids is 3. The van der Waals surface area contributed by atoms with Gasteiger partial charge in [-0.15, -0.1) is 0 Å². The van der Waals surface area contributed by atoms with Crippen molar-refractivity contribution in [3.63, 3.8) is 0 Å². The molecule has 1 saturated carbocycles. The minimum Gasteiger partial charge on any atom is -0.327 e. The van der Waals surface area contributed by atoms with Gasteiger partial charge in [0.2, 0.25) is 11.8 Å². The molecule has 1 saturated heterocycles. The average Bonchev–Trinajstić information content (AvgIpc) is 3.19. The lowest BCUT2D eigenvalue weighted by Gasteiger charge is -2.33. The van der Waals surface area contributed by atoms with Crippen molar-refractivity contribution in [3.8, 4) is 0 Å². The lowest BCUT2D eigenvalue weighted by Crippen LogP contribution is -2.50. The quantitative estimate of drug-likeness (QED) is 0.753. The fraction of sp³-hybridized carbons (Fsp3) is 0.526. The molecule has 1 aliphatic heterocycles. The number of amides is 3. The van der Waals surface area contributed by atoms with Crippen molar-refractivity contribution < 1.29 is 14.4 Å². The van der Waals surface area contributed by atoms with E-state index in [0.717, 1.165) is 32.1 Å². The maximum absolute atomic E-state index is 13.0. The first-order chi connectivity index (χ1) is 12.0. The van der Waals surface area contributed by atoms with Gasteiger partial charge in [-0.3, -0.25) is 14.4 Å². The predicted molar refractivity (Wildman–Crippen MR) is 96.4 cm³/mol. The number of halogens is 1. The number of hydrogen-bond acceptors (Lipinski definition) is 3. The van der Waals surface area contributed by atoms with Gasteiger partial charge >= 0.3 is 0 Å². The molecule has 0 spiro atoms. The van der Waals surface area contributed by atoms with Crippen molar-refractivity contribution in [2.24, 2.45) is 0 Å². The molecular weight excluding hydrogens is 340 g/mol. The van der Waals surface area contributed by atoms with E-state index in [1.165, 1.54) is 4.90 Å². The highest BCUT2D eigenvalue weighted by atomic mass is 35.5. The van der Waals surface area contributed by atoms with Crippen molar-refractivity contribution >= 4 is 35.0 Å². The number of hydrogen-bond donors (Lipinski definition) is 0. The first-order valence-corrected chi connectivity index (χ1v) is 9.34. The van der Waals surface area contributed by atoms with Crippen molar-refractivity contribution in [2.75, 3.05) is 4.90 Å². The molecule has 5 nitrogen and oxygen atoms in total. The van der Waals surface area contributed by atoms with Crippen LogP contribution < -0.4 is 4.90 Å². The normalized spacial score (nSPS) is 21.2. The van der Waals surface area contributed by atoms with E-state index in [0.29, 0.717) is 17.1 Å². The third kappa shape index (κ3) is 3.56. The van der Waals surface area contributed by atoms with E-state index in [2.05, 4.69) is 0 Å². The fourth-order valence-electron chi connectivity index (χ4n) is 3.85. The molecule has 1 aliphatic carbocycles. The molecule has 2 aliphatic rings. The number of rotatable bonds is 5. The smallest absolute Gasteiger partial charge is 0.257 e. The van der Waals surface area contributed by atoms with Crippen LogP contribution in [0.4, 0.5) is 5.69 Å². The highest BCUT2D eigenvalue weighted by Crippen LogP contribution is 2.32. The average molecular weight is 363 g/mol. The lowest BCUT2D eigenvalue weighted by molar-refractivity contribution is -0.141. The largest absolute Gasteiger partial charge is 0.327 e. The SMILES string of the molecule is CCCC(=O)N(C1CCCC1)C1CC(=O)N(c2ccc(Cl)cc2)C1=O. The van der Waals surface area contributed by atoms with Gasteiger partial charge in [-0.05, 0) is 43.5 Å². The van der Waals surface area contributed by atoms with Crippen molar-refractivity contribution in [1.29, 1.82) is 0 Å². The molecule has 0 aromatic heterocycles. The van der Waals surface area contributed by atoms with E-state index >= 15 is 0 Å². The summed E-state index contributed by atoms with van der Waals surface area (Å²) in [6, 6.07) is 6.03. The van der Waals surface area contributed by atoms with Gasteiger partial charge in [-0.2, -0.15) is 0 Å². The van der Waals surface area contributed by atoms with Crippen molar-refractivity contribution in [3.05, 3.63) is 29.3 Å². The first-order valence-electron chi connectivity index (χ1n) is 8.96. The minimum absolute atomic E-state index is 0.0153. The van der Waals surface area contributed by atoms with Gasteiger partial charge < -0.3 is 4.90 Å². The van der Waals surface area contributed by atoms with Crippen LogP contribution >= 0.6 is 11.6 Å². The molecule has 2 fully saturated rings. The summed E-state index contributed by atoms with van der Waals surface area (Å²) in [5.41, 5.74) is 0.510. The first kappa shape index (κ1) is 17.9. The third-order valence-electron chi connectivity index (χ3n) is 5.01. The molecule has 0 bridgehead atoms. The molecule has 1 heterocycles. The second kappa shape index (κ2) is 7.56. The molecule has 6 heteroatoms. The minimum atomic E-state index is -0.676. The van der Waals surface area contributed by atoms with Crippen LogP contribution in [0, 0.1) is 0 Å². The zero-order valence-electron chi connectivity index (χ0n) is 14.4. The van der Waals surface area contributed by atoms with E-state index in [1.807, 2.05) is 6.92 Å². The van der Waals surface area contributed by atoms with Gasteiger partial charge in [0.25, 0.3) is 5.91 Å². The molecular formula is C19H23ClN2O3. The van der Waals surface area contributed by atoms with Gasteiger partial charge in [0.1, 0.15) is 6.04 Å². The summed E-state index contributed by atoms with van der Waals surface area (Å²) in [5.74, 6) is -0.577. The molecule has 1 unspecified atom stereocenters. The number of carbonyl (C=O) groups is 3. The van der Waals surface area contributed by atoms with Gasteiger partial charge in [-0.25, -0.2) is 4.90 Å². The van der Waals surface area contributed by atoms with Crippen molar-refractivity contribution in [2.45, 2.75) is 64.0 Å². The zero-order chi connectivity index (χ0) is 18.0. The van der Waals surface area contributed by atoms with E-state index in [1.54, 1.807) is 29.2 Å². The lowest BCUT2D eigenvalue weighted by atomic mass is 10.1. The molecule has 3 amide bonds. The Labute approximate surface area is 152 Å². The molecule has 1 aromatic carbocycles. The fourth-order valence-corrected chi connectivity index (χ4v) is 3.98. The van der Waals surface area contributed by atoms with Gasteiger partial charge in [-0.1, -0.05) is 31.4 Å². The Morgan fingerprint density at radius 2 is 1.84 bits per heavy atom. The summed E-state index contributed by atoms with van der Waals surface area (Å²) in [5, 5.41) is 0.546. The number of imide groups is 1. The van der Waals surface area contributed by atoms with E-state index in [4.69, 9.17) is 11.6 Å². The second-order valence-corrected chi connectivity index (χ2v) is 7.19. The Hall–Kier alpha value is -1.88. The Morgan fingerprint density at radius 3 is 2.44 bits per heavy atom. The Bertz CT molecular complexity index is 668. The molecule has 1 aromatic rings. The number of anilines is 1. The summed E-state index contributed by atoms with van der Waals surface area (Å²) < 4.78 is 0. The Kier molecular flexibility index (Phi) is 5.42. The van der Waals surface area contributed by atoms with Crippen LogP contribution in [0.5, 0.6) is 0 Å². The molecule has 3 rings (SSSR count). The van der Waals surface area contributed by atoms with Crippen LogP contribution in [0.3, 0.4) is 0 Å². The Morgan fingerprint density at radius 1 is 1.20 bits per heavy atom. The van der Waals surface area contributed by atoms with Gasteiger partial charge in [0, 0.05) is 17.5 Å². The molecule has 0 N–H and O–H groups in total. The summed E-state index contributed by atoms with van der Waals surface area (Å²) in [4.78, 5) is 41.1. The second-order valence-electron chi connectivity index (χ2n) is 6.75. The molecule has 0 radical (unpaired) electrons. The number of benzene rings is 1. The van der Waals surface area contributed by atoms with Gasteiger partial charge in [0.15, 0.2) is 0 Å². The van der Waals surface area contributed by atoms with Crippen LogP contribution in [0.25, 0.3) is 0 Å². The maximum Gasteiger partial charge on any atom is 0.257 e. The van der Waals surface area contributed by atoms with Crippen LogP contribution in [0.1, 0.15) is 51.9 Å².